The van der Waals surface area contributed by atoms with Gasteiger partial charge in [-0.2, -0.15) is 0 Å². The number of anilines is 1. The zero-order chi connectivity index (χ0) is 12.3. The molecule has 0 radical (unpaired) electrons. The van der Waals surface area contributed by atoms with Crippen molar-refractivity contribution >= 4 is 27.8 Å². The van der Waals surface area contributed by atoms with Crippen LogP contribution in [0.3, 0.4) is 0 Å². The van der Waals surface area contributed by atoms with E-state index < -0.39 is 0 Å². The minimum atomic E-state index is 0.474. The van der Waals surface area contributed by atoms with Crippen LogP contribution in [0.4, 0.5) is 5.13 Å². The van der Waals surface area contributed by atoms with Gasteiger partial charge in [0.1, 0.15) is 0 Å². The van der Waals surface area contributed by atoms with E-state index in [-0.39, 0.29) is 0 Å². The van der Waals surface area contributed by atoms with Crippen LogP contribution in [-0.4, -0.2) is 16.0 Å². The fourth-order valence-electron chi connectivity index (χ4n) is 1.36. The minimum absolute atomic E-state index is 0.474. The van der Waals surface area contributed by atoms with Crippen molar-refractivity contribution in [2.45, 2.75) is 39.7 Å². The van der Waals surface area contributed by atoms with Crippen LogP contribution in [0.2, 0.25) is 0 Å². The van der Waals surface area contributed by atoms with Gasteiger partial charge in [0.05, 0.1) is 15.6 Å². The second-order valence-corrected chi connectivity index (χ2v) is 5.94. The molecule has 0 bridgehead atoms. The largest absolute Gasteiger partial charge is 0.359 e. The summed E-state index contributed by atoms with van der Waals surface area (Å²) in [5.41, 5.74) is 1.04. The zero-order valence-electron chi connectivity index (χ0n) is 10.4. The zero-order valence-corrected chi connectivity index (χ0v) is 12.0. The predicted octanol–water partition coefficient (Wildman–Crippen LogP) is 4.04. The Hall–Kier alpha value is -0.940. The molecule has 2 rings (SSSR count). The van der Waals surface area contributed by atoms with Crippen LogP contribution in [0.15, 0.2) is 11.6 Å². The first-order chi connectivity index (χ1) is 8.22. The lowest BCUT2D eigenvalue weighted by Gasteiger charge is -2.08. The van der Waals surface area contributed by atoms with Crippen LogP contribution < -0.4 is 5.32 Å². The summed E-state index contributed by atoms with van der Waals surface area (Å²) < 4.78 is 0. The summed E-state index contributed by atoms with van der Waals surface area (Å²) >= 11 is 3.39. The average molecular weight is 267 g/mol. The fourth-order valence-corrected chi connectivity index (χ4v) is 3.07. The number of hydrogen-bond donors (Lipinski definition) is 1. The highest BCUT2D eigenvalue weighted by molar-refractivity contribution is 7.16. The molecule has 2 aromatic heterocycles. The van der Waals surface area contributed by atoms with Crippen LogP contribution >= 0.6 is 22.7 Å². The molecule has 0 aliphatic rings. The van der Waals surface area contributed by atoms with Crippen LogP contribution in [0.5, 0.6) is 0 Å². The highest BCUT2D eigenvalue weighted by atomic mass is 32.1. The molecule has 0 saturated heterocycles. The van der Waals surface area contributed by atoms with Crippen molar-refractivity contribution in [3.8, 4) is 10.6 Å². The lowest BCUT2D eigenvalue weighted by atomic mass is 10.3. The maximum absolute atomic E-state index is 4.59. The number of rotatable bonds is 5. The number of nitrogens with one attached hydrogen (secondary N) is 1. The van der Waals surface area contributed by atoms with Crippen molar-refractivity contribution in [3.05, 3.63) is 16.6 Å². The lowest BCUT2D eigenvalue weighted by molar-refractivity contribution is 0.763. The molecule has 2 heterocycles. The molecule has 5 heteroatoms. The first kappa shape index (κ1) is 12.5. The Bertz CT molecular complexity index is 476. The molecular formula is C12H17N3S2. The molecule has 0 amide bonds. The van der Waals surface area contributed by atoms with Crippen LogP contribution in [0.1, 0.15) is 32.2 Å². The van der Waals surface area contributed by atoms with Gasteiger partial charge in [-0.15, -0.1) is 22.7 Å². The first-order valence-electron chi connectivity index (χ1n) is 5.90. The van der Waals surface area contributed by atoms with Gasteiger partial charge in [-0.1, -0.05) is 13.8 Å². The number of aryl methyl sites for hydroxylation is 1. The summed E-state index contributed by atoms with van der Waals surface area (Å²) in [7, 11) is 0. The second-order valence-electron chi connectivity index (χ2n) is 3.96. The van der Waals surface area contributed by atoms with Crippen LogP contribution in [0.25, 0.3) is 10.6 Å². The van der Waals surface area contributed by atoms with Crippen molar-refractivity contribution in [1.29, 1.82) is 0 Å². The molecule has 0 saturated carbocycles. The summed E-state index contributed by atoms with van der Waals surface area (Å²) in [6, 6.07) is 0.474. The maximum Gasteiger partial charge on any atom is 0.183 e. The summed E-state index contributed by atoms with van der Waals surface area (Å²) in [5.74, 6) is 0. The summed E-state index contributed by atoms with van der Waals surface area (Å²) in [4.78, 5) is 10.1. The SMILES string of the molecule is CCc1ncc(-c2csc(NC(C)CC)n2)s1. The van der Waals surface area contributed by atoms with E-state index in [0.717, 1.165) is 28.5 Å². The van der Waals surface area contributed by atoms with Crippen LogP contribution in [0, 0.1) is 0 Å². The van der Waals surface area contributed by atoms with E-state index in [0.29, 0.717) is 6.04 Å². The fraction of sp³-hybridized carbons (Fsp3) is 0.500. The van der Waals surface area contributed by atoms with Crippen molar-refractivity contribution < 1.29 is 0 Å². The summed E-state index contributed by atoms with van der Waals surface area (Å²) in [6.07, 6.45) is 4.02. The molecule has 1 unspecified atom stereocenters. The summed E-state index contributed by atoms with van der Waals surface area (Å²) in [5, 5.41) is 7.66. The van der Waals surface area contributed by atoms with Gasteiger partial charge >= 0.3 is 0 Å². The third-order valence-corrected chi connectivity index (χ3v) is 4.53. The molecule has 0 spiro atoms. The topological polar surface area (TPSA) is 37.8 Å². The maximum atomic E-state index is 4.59. The van der Waals surface area contributed by atoms with E-state index in [1.165, 1.54) is 5.01 Å². The molecule has 3 nitrogen and oxygen atoms in total. The van der Waals surface area contributed by atoms with Crippen molar-refractivity contribution in [2.24, 2.45) is 0 Å². The number of hydrogen-bond acceptors (Lipinski definition) is 5. The smallest absolute Gasteiger partial charge is 0.183 e. The van der Waals surface area contributed by atoms with E-state index in [1.54, 1.807) is 22.7 Å². The Morgan fingerprint density at radius 1 is 1.41 bits per heavy atom. The standard InChI is InChI=1S/C12H17N3S2/c1-4-8(3)14-12-15-9(7-16-12)10-6-13-11(5-2)17-10/h6-8H,4-5H2,1-3H3,(H,14,15). The van der Waals surface area contributed by atoms with E-state index in [9.17, 15) is 0 Å². The molecular weight excluding hydrogens is 250 g/mol. The minimum Gasteiger partial charge on any atom is -0.359 e. The molecule has 0 aromatic carbocycles. The first-order valence-corrected chi connectivity index (χ1v) is 7.59. The highest BCUT2D eigenvalue weighted by Crippen LogP contribution is 2.29. The van der Waals surface area contributed by atoms with Gasteiger partial charge in [-0.3, -0.25) is 0 Å². The van der Waals surface area contributed by atoms with Gasteiger partial charge in [0, 0.05) is 17.6 Å². The molecule has 17 heavy (non-hydrogen) atoms. The molecule has 92 valence electrons. The quantitative estimate of drug-likeness (QED) is 0.888. The summed E-state index contributed by atoms with van der Waals surface area (Å²) in [6.45, 7) is 6.46. The van der Waals surface area contributed by atoms with Gasteiger partial charge in [0.25, 0.3) is 0 Å². The van der Waals surface area contributed by atoms with Gasteiger partial charge in [0.15, 0.2) is 5.13 Å². The van der Waals surface area contributed by atoms with Gasteiger partial charge in [0.2, 0.25) is 0 Å². The molecule has 1 N–H and O–H groups in total. The van der Waals surface area contributed by atoms with E-state index in [1.807, 2.05) is 6.20 Å². The Morgan fingerprint density at radius 2 is 2.24 bits per heavy atom. The van der Waals surface area contributed by atoms with Crippen LogP contribution in [-0.2, 0) is 6.42 Å². The van der Waals surface area contributed by atoms with E-state index in [4.69, 9.17) is 0 Å². The lowest BCUT2D eigenvalue weighted by Crippen LogP contribution is -2.12. The van der Waals surface area contributed by atoms with Gasteiger partial charge in [-0.25, -0.2) is 9.97 Å². The van der Waals surface area contributed by atoms with Crippen molar-refractivity contribution in [2.75, 3.05) is 5.32 Å². The van der Waals surface area contributed by atoms with Crippen molar-refractivity contribution in [1.82, 2.24) is 9.97 Å². The molecule has 0 fully saturated rings. The van der Waals surface area contributed by atoms with Crippen molar-refractivity contribution in [3.63, 3.8) is 0 Å². The number of thiazole rings is 2. The van der Waals surface area contributed by atoms with Gasteiger partial charge in [-0.05, 0) is 19.8 Å². The third kappa shape index (κ3) is 3.04. The van der Waals surface area contributed by atoms with Gasteiger partial charge < -0.3 is 5.32 Å². The predicted molar refractivity (Wildman–Crippen MR) is 76.0 cm³/mol. The van der Waals surface area contributed by atoms with E-state index >= 15 is 0 Å². The third-order valence-electron chi connectivity index (χ3n) is 2.59. The molecule has 1 atom stereocenters. The second kappa shape index (κ2) is 5.60. The van der Waals surface area contributed by atoms with E-state index in [2.05, 4.69) is 41.4 Å². The Morgan fingerprint density at radius 3 is 2.88 bits per heavy atom. The Kier molecular flexibility index (Phi) is 4.12. The average Bonchev–Trinajstić information content (AvgIpc) is 2.96. The number of aromatic nitrogens is 2. The molecule has 2 aromatic rings. The molecule has 0 aliphatic heterocycles. The Labute approximate surface area is 110 Å². The number of nitrogens with zero attached hydrogens (tertiary/aromatic N) is 2. The Balaban J connectivity index is 2.12. The highest BCUT2D eigenvalue weighted by Gasteiger charge is 2.09. The molecule has 0 aliphatic carbocycles. The monoisotopic (exact) mass is 267 g/mol. The normalized spacial score (nSPS) is 12.6.